The normalized spacial score (nSPS) is 22.7. The molecule has 1 atom stereocenters. The molecule has 1 saturated heterocycles. The van der Waals surface area contributed by atoms with Gasteiger partial charge in [-0.3, -0.25) is 0 Å². The molecule has 1 aromatic carbocycles. The van der Waals surface area contributed by atoms with Crippen LogP contribution in [0.2, 0.25) is 0 Å². The van der Waals surface area contributed by atoms with Gasteiger partial charge in [0.05, 0.1) is 13.2 Å². The summed E-state index contributed by atoms with van der Waals surface area (Å²) < 4.78 is 12.9. The Balaban J connectivity index is 1.73. The largest absolute Gasteiger partial charge is 0.493 e. The van der Waals surface area contributed by atoms with Crippen LogP contribution in [0.3, 0.4) is 0 Å². The minimum absolute atomic E-state index is 0.356. The van der Waals surface area contributed by atoms with Crippen molar-refractivity contribution in [1.82, 2.24) is 5.32 Å². The van der Waals surface area contributed by atoms with E-state index in [0.29, 0.717) is 6.10 Å². The highest BCUT2D eigenvalue weighted by Crippen LogP contribution is 2.37. The van der Waals surface area contributed by atoms with Gasteiger partial charge in [-0.2, -0.15) is 0 Å². The Labute approximate surface area is 141 Å². The van der Waals surface area contributed by atoms with Gasteiger partial charge in [0.15, 0.2) is 11.5 Å². The number of halogens is 1. The summed E-state index contributed by atoms with van der Waals surface area (Å²) in [6.45, 7) is 2.28. The lowest BCUT2D eigenvalue weighted by atomic mass is 9.92. The van der Waals surface area contributed by atoms with E-state index < -0.39 is 0 Å². The van der Waals surface area contributed by atoms with E-state index in [2.05, 4.69) is 33.4 Å². The van der Waals surface area contributed by atoms with Crippen molar-refractivity contribution in [3.05, 3.63) is 22.2 Å². The quantitative estimate of drug-likeness (QED) is 0.840. The highest BCUT2D eigenvalue weighted by molar-refractivity contribution is 9.10. The van der Waals surface area contributed by atoms with Gasteiger partial charge in [-0.15, -0.1) is 0 Å². The van der Waals surface area contributed by atoms with Crippen LogP contribution in [-0.4, -0.2) is 26.3 Å². The number of nitrogens with one attached hydrogen (secondary N) is 1. The molecule has 1 unspecified atom stereocenters. The highest BCUT2D eigenvalue weighted by atomic mass is 79.9. The van der Waals surface area contributed by atoms with E-state index in [9.17, 15) is 0 Å². The zero-order chi connectivity index (χ0) is 15.4. The molecule has 0 amide bonds. The maximum atomic E-state index is 6.16. The monoisotopic (exact) mass is 367 g/mol. The second-order valence-electron chi connectivity index (χ2n) is 6.54. The summed E-state index contributed by atoms with van der Waals surface area (Å²) in [5, 5.41) is 3.49. The van der Waals surface area contributed by atoms with Gasteiger partial charge in [-0.1, -0.05) is 15.9 Å². The van der Waals surface area contributed by atoms with Gasteiger partial charge in [0, 0.05) is 4.47 Å². The summed E-state index contributed by atoms with van der Waals surface area (Å²) in [4.78, 5) is 0. The van der Waals surface area contributed by atoms with E-state index in [1.54, 1.807) is 7.11 Å². The first-order valence-corrected chi connectivity index (χ1v) is 9.29. The second kappa shape index (κ2) is 7.69. The van der Waals surface area contributed by atoms with Crippen molar-refractivity contribution in [1.29, 1.82) is 0 Å². The Kier molecular flexibility index (Phi) is 5.64. The van der Waals surface area contributed by atoms with Gasteiger partial charge >= 0.3 is 0 Å². The topological polar surface area (TPSA) is 30.5 Å². The molecule has 1 aliphatic heterocycles. The molecule has 2 fully saturated rings. The number of hydrogen-bond acceptors (Lipinski definition) is 3. The number of hydrogen-bond donors (Lipinski definition) is 1. The number of benzene rings is 1. The molecule has 1 saturated carbocycles. The van der Waals surface area contributed by atoms with Crippen LogP contribution < -0.4 is 14.8 Å². The third-order valence-electron chi connectivity index (χ3n) is 4.84. The van der Waals surface area contributed by atoms with Crippen LogP contribution in [0.15, 0.2) is 16.6 Å². The molecule has 3 nitrogen and oxygen atoms in total. The lowest BCUT2D eigenvalue weighted by molar-refractivity contribution is 0.200. The van der Waals surface area contributed by atoms with Crippen LogP contribution in [0.25, 0.3) is 0 Å². The van der Waals surface area contributed by atoms with E-state index in [1.165, 1.54) is 31.2 Å². The van der Waals surface area contributed by atoms with Crippen molar-refractivity contribution in [2.45, 2.75) is 51.0 Å². The van der Waals surface area contributed by atoms with Crippen molar-refractivity contribution in [3.8, 4) is 11.5 Å². The molecule has 0 radical (unpaired) electrons. The lowest BCUT2D eigenvalue weighted by Crippen LogP contribution is -2.30. The second-order valence-corrected chi connectivity index (χ2v) is 7.39. The average Bonchev–Trinajstić information content (AvgIpc) is 3.04. The summed E-state index contributed by atoms with van der Waals surface area (Å²) in [5.74, 6) is 2.47. The molecule has 0 spiro atoms. The van der Waals surface area contributed by atoms with Crippen molar-refractivity contribution in [2.24, 2.45) is 5.92 Å². The van der Waals surface area contributed by atoms with E-state index in [-0.39, 0.29) is 0 Å². The molecule has 122 valence electrons. The molecule has 1 heterocycles. The van der Waals surface area contributed by atoms with Gasteiger partial charge in [-0.05, 0) is 81.6 Å². The van der Waals surface area contributed by atoms with E-state index >= 15 is 0 Å². The molecule has 0 aromatic heterocycles. The predicted molar refractivity (Wildman–Crippen MR) is 92.9 cm³/mol. The Morgan fingerprint density at radius 2 is 1.95 bits per heavy atom. The molecule has 1 aliphatic carbocycles. The summed E-state index contributed by atoms with van der Waals surface area (Å²) in [7, 11) is 1.73. The first-order valence-electron chi connectivity index (χ1n) is 8.50. The van der Waals surface area contributed by atoms with Gasteiger partial charge in [0.25, 0.3) is 0 Å². The Hall–Kier alpha value is -0.740. The van der Waals surface area contributed by atoms with Gasteiger partial charge < -0.3 is 14.8 Å². The zero-order valence-corrected chi connectivity index (χ0v) is 15.0. The van der Waals surface area contributed by atoms with Crippen molar-refractivity contribution >= 4 is 15.9 Å². The van der Waals surface area contributed by atoms with E-state index in [1.807, 2.05) is 0 Å². The Morgan fingerprint density at radius 3 is 2.64 bits per heavy atom. The first kappa shape index (κ1) is 16.1. The third kappa shape index (κ3) is 3.96. The smallest absolute Gasteiger partial charge is 0.162 e. The van der Waals surface area contributed by atoms with Gasteiger partial charge in [0.1, 0.15) is 0 Å². The molecule has 1 aromatic rings. The van der Waals surface area contributed by atoms with E-state index in [0.717, 1.165) is 54.2 Å². The molecule has 0 bridgehead atoms. The fraction of sp³-hybridized carbons (Fsp3) is 0.667. The number of piperidine rings is 1. The summed E-state index contributed by atoms with van der Waals surface area (Å²) in [5.41, 5.74) is 1.32. The fourth-order valence-corrected chi connectivity index (χ4v) is 4.06. The standard InChI is InChI=1S/C18H26BrNO2/c1-21-17-10-14(9-13-5-4-8-20-12-13)16(19)11-18(17)22-15-6-2-3-7-15/h10-11,13,15,20H,2-9,12H2,1H3. The Morgan fingerprint density at radius 1 is 1.14 bits per heavy atom. The number of methoxy groups -OCH3 is 1. The zero-order valence-electron chi connectivity index (χ0n) is 13.4. The lowest BCUT2D eigenvalue weighted by Gasteiger charge is -2.24. The van der Waals surface area contributed by atoms with Crippen molar-refractivity contribution in [3.63, 3.8) is 0 Å². The van der Waals surface area contributed by atoms with Gasteiger partial charge in [-0.25, -0.2) is 0 Å². The predicted octanol–water partition coefficient (Wildman–Crippen LogP) is 4.32. The Bertz CT molecular complexity index is 494. The van der Waals surface area contributed by atoms with Crippen LogP contribution >= 0.6 is 15.9 Å². The van der Waals surface area contributed by atoms with Crippen LogP contribution in [0.5, 0.6) is 11.5 Å². The van der Waals surface area contributed by atoms with Crippen LogP contribution in [0.1, 0.15) is 44.1 Å². The van der Waals surface area contributed by atoms with Crippen LogP contribution in [0.4, 0.5) is 0 Å². The number of ether oxygens (including phenoxy) is 2. The fourth-order valence-electron chi connectivity index (χ4n) is 3.58. The van der Waals surface area contributed by atoms with Gasteiger partial charge in [0.2, 0.25) is 0 Å². The SMILES string of the molecule is COc1cc(CC2CCCNC2)c(Br)cc1OC1CCCC1. The molecule has 2 aliphatic rings. The van der Waals surface area contributed by atoms with Crippen molar-refractivity contribution < 1.29 is 9.47 Å². The molecule has 3 rings (SSSR count). The highest BCUT2D eigenvalue weighted by Gasteiger charge is 2.21. The molecular formula is C18H26BrNO2. The maximum absolute atomic E-state index is 6.16. The molecular weight excluding hydrogens is 342 g/mol. The van der Waals surface area contributed by atoms with Crippen LogP contribution in [0, 0.1) is 5.92 Å². The van der Waals surface area contributed by atoms with E-state index in [4.69, 9.17) is 9.47 Å². The third-order valence-corrected chi connectivity index (χ3v) is 5.57. The average molecular weight is 368 g/mol. The first-order chi connectivity index (χ1) is 10.8. The molecule has 22 heavy (non-hydrogen) atoms. The minimum Gasteiger partial charge on any atom is -0.493 e. The summed E-state index contributed by atoms with van der Waals surface area (Å²) in [6, 6.07) is 4.26. The van der Waals surface area contributed by atoms with Crippen LogP contribution in [-0.2, 0) is 6.42 Å². The number of rotatable bonds is 5. The summed E-state index contributed by atoms with van der Waals surface area (Å²) in [6.07, 6.45) is 8.92. The van der Waals surface area contributed by atoms with Crippen molar-refractivity contribution in [2.75, 3.05) is 20.2 Å². The maximum Gasteiger partial charge on any atom is 0.162 e. The molecule has 1 N–H and O–H groups in total. The molecule has 4 heteroatoms. The summed E-state index contributed by atoms with van der Waals surface area (Å²) >= 11 is 3.73. The minimum atomic E-state index is 0.356.